The molecule has 0 radical (unpaired) electrons. The third kappa shape index (κ3) is 5.93. The summed E-state index contributed by atoms with van der Waals surface area (Å²) in [5, 5.41) is 3.57. The van der Waals surface area contributed by atoms with Crippen LogP contribution in [0.5, 0.6) is 5.75 Å². The van der Waals surface area contributed by atoms with Crippen LogP contribution in [0.3, 0.4) is 0 Å². The average molecular weight is 279 g/mol. The van der Waals surface area contributed by atoms with Crippen LogP contribution in [-0.4, -0.2) is 25.9 Å². The molecule has 0 heterocycles. The standard InChI is InChI=1S/C17H29NO2/c1-5-11-18-16(6-2)15-9-7-8-10-17(15)20-13-12-19-14(3)4/h7-10,14,16,18H,5-6,11-13H2,1-4H3. The zero-order valence-corrected chi connectivity index (χ0v) is 13.3. The molecule has 0 aliphatic carbocycles. The van der Waals surface area contributed by atoms with Gasteiger partial charge in [-0.2, -0.15) is 0 Å². The van der Waals surface area contributed by atoms with E-state index in [0.29, 0.717) is 19.3 Å². The van der Waals surface area contributed by atoms with Crippen LogP contribution in [0.4, 0.5) is 0 Å². The Morgan fingerprint density at radius 2 is 1.85 bits per heavy atom. The molecule has 0 aliphatic heterocycles. The van der Waals surface area contributed by atoms with Crippen molar-refractivity contribution < 1.29 is 9.47 Å². The molecule has 3 heteroatoms. The molecule has 1 rings (SSSR count). The Morgan fingerprint density at radius 1 is 1.10 bits per heavy atom. The molecule has 0 amide bonds. The summed E-state index contributed by atoms with van der Waals surface area (Å²) in [6.07, 6.45) is 2.45. The Hall–Kier alpha value is -1.06. The monoisotopic (exact) mass is 279 g/mol. The Morgan fingerprint density at radius 3 is 2.50 bits per heavy atom. The smallest absolute Gasteiger partial charge is 0.124 e. The Balaban J connectivity index is 2.61. The molecule has 3 nitrogen and oxygen atoms in total. The van der Waals surface area contributed by atoms with Gasteiger partial charge in [0.1, 0.15) is 12.4 Å². The normalized spacial score (nSPS) is 12.7. The molecule has 20 heavy (non-hydrogen) atoms. The molecule has 0 spiro atoms. The fourth-order valence-electron chi connectivity index (χ4n) is 2.13. The maximum Gasteiger partial charge on any atom is 0.124 e. The topological polar surface area (TPSA) is 30.5 Å². The predicted octanol–water partition coefficient (Wildman–Crippen LogP) is 3.94. The van der Waals surface area contributed by atoms with E-state index < -0.39 is 0 Å². The maximum atomic E-state index is 5.89. The van der Waals surface area contributed by atoms with Gasteiger partial charge in [-0.05, 0) is 39.3 Å². The van der Waals surface area contributed by atoms with E-state index in [1.165, 1.54) is 5.56 Å². The Kier molecular flexibility index (Phi) is 8.31. The summed E-state index contributed by atoms with van der Waals surface area (Å²) in [6.45, 7) is 10.7. The van der Waals surface area contributed by atoms with Gasteiger partial charge in [0, 0.05) is 11.6 Å². The van der Waals surface area contributed by atoms with E-state index in [9.17, 15) is 0 Å². The molecule has 0 bridgehead atoms. The molecular formula is C17H29NO2. The molecule has 1 N–H and O–H groups in total. The first kappa shape index (κ1) is 17.0. The lowest BCUT2D eigenvalue weighted by Gasteiger charge is -2.20. The van der Waals surface area contributed by atoms with Crippen LogP contribution >= 0.6 is 0 Å². The van der Waals surface area contributed by atoms with Crippen molar-refractivity contribution >= 4 is 0 Å². The summed E-state index contributed by atoms with van der Waals surface area (Å²) in [5.74, 6) is 0.968. The average Bonchev–Trinajstić information content (AvgIpc) is 2.45. The number of nitrogens with one attached hydrogen (secondary N) is 1. The van der Waals surface area contributed by atoms with Gasteiger partial charge in [-0.25, -0.2) is 0 Å². The maximum absolute atomic E-state index is 5.89. The van der Waals surface area contributed by atoms with Gasteiger partial charge < -0.3 is 14.8 Å². The van der Waals surface area contributed by atoms with Crippen molar-refractivity contribution in [2.45, 2.75) is 52.7 Å². The van der Waals surface area contributed by atoms with Crippen molar-refractivity contribution in [1.82, 2.24) is 5.32 Å². The van der Waals surface area contributed by atoms with Gasteiger partial charge in [0.15, 0.2) is 0 Å². The molecular weight excluding hydrogens is 250 g/mol. The first-order chi connectivity index (χ1) is 9.69. The van der Waals surface area contributed by atoms with Crippen LogP contribution in [0, 0.1) is 0 Å². The number of hydrogen-bond acceptors (Lipinski definition) is 3. The van der Waals surface area contributed by atoms with E-state index >= 15 is 0 Å². The van der Waals surface area contributed by atoms with E-state index in [1.54, 1.807) is 0 Å². The SMILES string of the molecule is CCCNC(CC)c1ccccc1OCCOC(C)C. The zero-order chi connectivity index (χ0) is 14.8. The molecule has 0 saturated carbocycles. The number of para-hydroxylation sites is 1. The first-order valence-electron chi connectivity index (χ1n) is 7.75. The van der Waals surface area contributed by atoms with Gasteiger partial charge in [0.05, 0.1) is 12.7 Å². The summed E-state index contributed by atoms with van der Waals surface area (Å²) in [7, 11) is 0. The van der Waals surface area contributed by atoms with E-state index in [1.807, 2.05) is 26.0 Å². The highest BCUT2D eigenvalue weighted by atomic mass is 16.5. The van der Waals surface area contributed by atoms with Gasteiger partial charge in [-0.15, -0.1) is 0 Å². The Bertz CT molecular complexity index is 366. The largest absolute Gasteiger partial charge is 0.491 e. The number of ether oxygens (including phenoxy) is 2. The van der Waals surface area contributed by atoms with Gasteiger partial charge in [-0.1, -0.05) is 32.0 Å². The first-order valence-corrected chi connectivity index (χ1v) is 7.75. The minimum atomic E-state index is 0.253. The van der Waals surface area contributed by atoms with Crippen LogP contribution in [0.1, 0.15) is 52.1 Å². The van der Waals surface area contributed by atoms with Crippen molar-refractivity contribution in [2.24, 2.45) is 0 Å². The van der Waals surface area contributed by atoms with Crippen LogP contribution in [0.25, 0.3) is 0 Å². The fourth-order valence-corrected chi connectivity index (χ4v) is 2.13. The van der Waals surface area contributed by atoms with E-state index in [4.69, 9.17) is 9.47 Å². The molecule has 1 unspecified atom stereocenters. The molecule has 1 aromatic carbocycles. The summed E-state index contributed by atoms with van der Waals surface area (Å²) in [6, 6.07) is 8.64. The minimum Gasteiger partial charge on any atom is -0.491 e. The molecule has 0 saturated heterocycles. The summed E-state index contributed by atoms with van der Waals surface area (Å²) >= 11 is 0. The van der Waals surface area contributed by atoms with Crippen LogP contribution < -0.4 is 10.1 Å². The zero-order valence-electron chi connectivity index (χ0n) is 13.3. The molecule has 114 valence electrons. The summed E-state index contributed by atoms with van der Waals surface area (Å²) in [5.41, 5.74) is 1.24. The highest BCUT2D eigenvalue weighted by molar-refractivity contribution is 5.35. The predicted molar refractivity (Wildman–Crippen MR) is 84.4 cm³/mol. The van der Waals surface area contributed by atoms with Crippen molar-refractivity contribution in [3.63, 3.8) is 0 Å². The lowest BCUT2D eigenvalue weighted by molar-refractivity contribution is 0.0549. The second-order valence-corrected chi connectivity index (χ2v) is 5.22. The Labute approximate surface area is 123 Å². The van der Waals surface area contributed by atoms with Crippen molar-refractivity contribution in [1.29, 1.82) is 0 Å². The third-order valence-corrected chi connectivity index (χ3v) is 3.14. The molecule has 0 aromatic heterocycles. The van der Waals surface area contributed by atoms with Crippen molar-refractivity contribution in [3.05, 3.63) is 29.8 Å². The minimum absolute atomic E-state index is 0.253. The van der Waals surface area contributed by atoms with Gasteiger partial charge >= 0.3 is 0 Å². The fraction of sp³-hybridized carbons (Fsp3) is 0.647. The van der Waals surface area contributed by atoms with Crippen LogP contribution in [0.2, 0.25) is 0 Å². The highest BCUT2D eigenvalue weighted by Gasteiger charge is 2.13. The van der Waals surface area contributed by atoms with Crippen LogP contribution in [-0.2, 0) is 4.74 Å². The van der Waals surface area contributed by atoms with Gasteiger partial charge in [0.2, 0.25) is 0 Å². The van der Waals surface area contributed by atoms with Crippen LogP contribution in [0.15, 0.2) is 24.3 Å². The third-order valence-electron chi connectivity index (χ3n) is 3.14. The summed E-state index contributed by atoms with van der Waals surface area (Å²) in [4.78, 5) is 0. The number of benzene rings is 1. The second-order valence-electron chi connectivity index (χ2n) is 5.22. The lowest BCUT2D eigenvalue weighted by atomic mass is 10.0. The molecule has 0 fully saturated rings. The molecule has 1 atom stereocenters. The molecule has 1 aromatic rings. The number of hydrogen-bond donors (Lipinski definition) is 1. The van der Waals surface area contributed by atoms with Gasteiger partial charge in [0.25, 0.3) is 0 Å². The van der Waals surface area contributed by atoms with E-state index in [-0.39, 0.29) is 6.10 Å². The van der Waals surface area contributed by atoms with E-state index in [2.05, 4.69) is 31.3 Å². The summed E-state index contributed by atoms with van der Waals surface area (Å²) < 4.78 is 11.4. The quantitative estimate of drug-likeness (QED) is 0.658. The van der Waals surface area contributed by atoms with Crippen molar-refractivity contribution in [2.75, 3.05) is 19.8 Å². The molecule has 0 aliphatic rings. The van der Waals surface area contributed by atoms with E-state index in [0.717, 1.165) is 25.1 Å². The van der Waals surface area contributed by atoms with Gasteiger partial charge in [-0.3, -0.25) is 0 Å². The lowest BCUT2D eigenvalue weighted by Crippen LogP contribution is -2.22. The second kappa shape index (κ2) is 9.78. The van der Waals surface area contributed by atoms with Crippen molar-refractivity contribution in [3.8, 4) is 5.75 Å². The number of rotatable bonds is 10. The highest BCUT2D eigenvalue weighted by Crippen LogP contribution is 2.27.